The smallest absolute Gasteiger partial charge is 0.255 e. The van der Waals surface area contributed by atoms with Gasteiger partial charge in [0.1, 0.15) is 0 Å². The Balaban J connectivity index is 2.24. The molecule has 2 N–H and O–H groups in total. The molecular weight excluding hydrogens is 307 g/mol. The number of nitrogens with two attached hydrogens (primary N) is 1. The molecule has 110 valence electrons. The van der Waals surface area contributed by atoms with Crippen LogP contribution in [-0.2, 0) is 0 Å². The highest BCUT2D eigenvalue weighted by molar-refractivity contribution is 6.34. The molecule has 1 atom stereocenters. The third-order valence-corrected chi connectivity index (χ3v) is 4.04. The van der Waals surface area contributed by atoms with Crippen LogP contribution < -0.4 is 5.73 Å². The van der Waals surface area contributed by atoms with Gasteiger partial charge >= 0.3 is 0 Å². The van der Waals surface area contributed by atoms with E-state index in [-0.39, 0.29) is 11.9 Å². The summed E-state index contributed by atoms with van der Waals surface area (Å²) in [6, 6.07) is 12.2. The minimum atomic E-state index is -0.151. The van der Waals surface area contributed by atoms with E-state index in [2.05, 4.69) is 0 Å². The van der Waals surface area contributed by atoms with E-state index in [1.54, 1.807) is 30.1 Å². The van der Waals surface area contributed by atoms with Gasteiger partial charge in [-0.05, 0) is 42.8 Å². The third-order valence-electron chi connectivity index (χ3n) is 3.48. The standard InChI is InChI=1S/C16H16Cl2N2O/c1-10(11-3-5-12(17)6-4-11)20(2)16(21)14-8-7-13(19)9-15(14)18/h3-10H,19H2,1-2H3. The molecule has 1 unspecified atom stereocenters. The van der Waals surface area contributed by atoms with Crippen molar-refractivity contribution >= 4 is 34.8 Å². The van der Waals surface area contributed by atoms with E-state index in [4.69, 9.17) is 28.9 Å². The molecule has 0 aliphatic carbocycles. The van der Waals surface area contributed by atoms with Gasteiger partial charge in [0.2, 0.25) is 0 Å². The molecule has 5 heteroatoms. The van der Waals surface area contributed by atoms with Crippen LogP contribution in [0.5, 0.6) is 0 Å². The summed E-state index contributed by atoms with van der Waals surface area (Å²) in [5.74, 6) is -0.151. The van der Waals surface area contributed by atoms with Crippen molar-refractivity contribution in [3.05, 3.63) is 63.6 Å². The normalized spacial score (nSPS) is 12.0. The average molecular weight is 323 g/mol. The van der Waals surface area contributed by atoms with Crippen molar-refractivity contribution in [3.63, 3.8) is 0 Å². The van der Waals surface area contributed by atoms with Crippen molar-refractivity contribution in [2.45, 2.75) is 13.0 Å². The molecule has 0 bridgehead atoms. The van der Waals surface area contributed by atoms with Gasteiger partial charge in [0.25, 0.3) is 5.91 Å². The minimum absolute atomic E-state index is 0.0941. The first kappa shape index (κ1) is 15.7. The molecule has 1 amide bonds. The summed E-state index contributed by atoms with van der Waals surface area (Å²) in [5, 5.41) is 1.02. The molecule has 0 aliphatic rings. The van der Waals surface area contributed by atoms with Gasteiger partial charge < -0.3 is 10.6 Å². The molecule has 0 aromatic heterocycles. The first-order valence-corrected chi connectivity index (χ1v) is 7.23. The lowest BCUT2D eigenvalue weighted by Crippen LogP contribution is -2.29. The number of carbonyl (C=O) groups is 1. The SMILES string of the molecule is CC(c1ccc(Cl)cc1)N(C)C(=O)c1ccc(N)cc1Cl. The Morgan fingerprint density at radius 3 is 2.33 bits per heavy atom. The van der Waals surface area contributed by atoms with Crippen LogP contribution in [0.15, 0.2) is 42.5 Å². The zero-order chi connectivity index (χ0) is 15.6. The number of benzene rings is 2. The van der Waals surface area contributed by atoms with Gasteiger partial charge in [-0.25, -0.2) is 0 Å². The van der Waals surface area contributed by atoms with Crippen molar-refractivity contribution in [3.8, 4) is 0 Å². The fourth-order valence-electron chi connectivity index (χ4n) is 2.04. The largest absolute Gasteiger partial charge is 0.399 e. The Morgan fingerprint density at radius 2 is 1.76 bits per heavy atom. The molecule has 2 aromatic carbocycles. The quantitative estimate of drug-likeness (QED) is 0.851. The van der Waals surface area contributed by atoms with Crippen LogP contribution in [0.2, 0.25) is 10.0 Å². The topological polar surface area (TPSA) is 46.3 Å². The first-order chi connectivity index (χ1) is 9.90. The Hall–Kier alpha value is -1.71. The van der Waals surface area contributed by atoms with Crippen LogP contribution in [0.3, 0.4) is 0 Å². The minimum Gasteiger partial charge on any atom is -0.399 e. The van der Waals surface area contributed by atoms with Crippen LogP contribution in [0.4, 0.5) is 5.69 Å². The second-order valence-corrected chi connectivity index (χ2v) is 5.73. The van der Waals surface area contributed by atoms with Gasteiger partial charge in [-0.1, -0.05) is 35.3 Å². The van der Waals surface area contributed by atoms with E-state index in [1.165, 1.54) is 0 Å². The maximum absolute atomic E-state index is 12.5. The molecular formula is C16H16Cl2N2O. The highest BCUT2D eigenvalue weighted by atomic mass is 35.5. The van der Waals surface area contributed by atoms with Gasteiger partial charge in [0, 0.05) is 17.8 Å². The summed E-state index contributed by atoms with van der Waals surface area (Å²) in [5.41, 5.74) is 7.62. The zero-order valence-corrected chi connectivity index (χ0v) is 13.3. The number of amides is 1. The second-order valence-electron chi connectivity index (χ2n) is 4.88. The highest BCUT2D eigenvalue weighted by Crippen LogP contribution is 2.25. The monoisotopic (exact) mass is 322 g/mol. The molecule has 2 rings (SSSR count). The molecule has 0 radical (unpaired) electrons. The number of anilines is 1. The Bertz CT molecular complexity index is 656. The van der Waals surface area contributed by atoms with Crippen molar-refractivity contribution < 1.29 is 4.79 Å². The van der Waals surface area contributed by atoms with Crippen LogP contribution in [0, 0.1) is 0 Å². The summed E-state index contributed by atoms with van der Waals surface area (Å²) in [4.78, 5) is 14.2. The van der Waals surface area contributed by atoms with Gasteiger partial charge in [0.05, 0.1) is 16.6 Å². The lowest BCUT2D eigenvalue weighted by molar-refractivity contribution is 0.0743. The highest BCUT2D eigenvalue weighted by Gasteiger charge is 2.20. The van der Waals surface area contributed by atoms with Crippen LogP contribution in [0.25, 0.3) is 0 Å². The third kappa shape index (κ3) is 3.49. The van der Waals surface area contributed by atoms with Crippen molar-refractivity contribution in [2.24, 2.45) is 0 Å². The molecule has 0 saturated heterocycles. The first-order valence-electron chi connectivity index (χ1n) is 6.48. The van der Waals surface area contributed by atoms with Crippen LogP contribution in [0.1, 0.15) is 28.9 Å². The predicted molar refractivity (Wildman–Crippen MR) is 87.8 cm³/mol. The van der Waals surface area contributed by atoms with E-state index in [1.807, 2.05) is 31.2 Å². The van der Waals surface area contributed by atoms with E-state index >= 15 is 0 Å². The molecule has 2 aromatic rings. The number of nitrogens with zero attached hydrogens (tertiary/aromatic N) is 1. The summed E-state index contributed by atoms with van der Waals surface area (Å²) < 4.78 is 0. The summed E-state index contributed by atoms with van der Waals surface area (Å²) >= 11 is 12.0. The van der Waals surface area contributed by atoms with E-state index in [0.29, 0.717) is 21.3 Å². The fraction of sp³-hybridized carbons (Fsp3) is 0.188. The summed E-state index contributed by atoms with van der Waals surface area (Å²) in [6.07, 6.45) is 0. The molecule has 3 nitrogen and oxygen atoms in total. The van der Waals surface area contributed by atoms with Crippen LogP contribution in [-0.4, -0.2) is 17.9 Å². The molecule has 0 spiro atoms. The number of halogens is 2. The molecule has 0 heterocycles. The van der Waals surface area contributed by atoms with Crippen molar-refractivity contribution in [2.75, 3.05) is 12.8 Å². The number of nitrogen functional groups attached to an aromatic ring is 1. The van der Waals surface area contributed by atoms with Crippen LogP contribution >= 0.6 is 23.2 Å². The second kappa shape index (κ2) is 6.37. The Morgan fingerprint density at radius 1 is 1.14 bits per heavy atom. The molecule has 0 fully saturated rings. The molecule has 0 saturated carbocycles. The Kier molecular flexibility index (Phi) is 4.76. The number of hydrogen-bond acceptors (Lipinski definition) is 2. The van der Waals surface area contributed by atoms with E-state index in [0.717, 1.165) is 5.56 Å². The van der Waals surface area contributed by atoms with E-state index < -0.39 is 0 Å². The average Bonchev–Trinajstić information content (AvgIpc) is 2.46. The zero-order valence-electron chi connectivity index (χ0n) is 11.8. The summed E-state index contributed by atoms with van der Waals surface area (Å²) in [6.45, 7) is 1.95. The van der Waals surface area contributed by atoms with Crippen molar-refractivity contribution in [1.29, 1.82) is 0 Å². The summed E-state index contributed by atoms with van der Waals surface area (Å²) in [7, 11) is 1.74. The number of rotatable bonds is 3. The predicted octanol–water partition coefficient (Wildman–Crippen LogP) is 4.41. The van der Waals surface area contributed by atoms with Gasteiger partial charge in [0.15, 0.2) is 0 Å². The maximum Gasteiger partial charge on any atom is 0.255 e. The fourth-order valence-corrected chi connectivity index (χ4v) is 2.43. The maximum atomic E-state index is 12.5. The van der Waals surface area contributed by atoms with Crippen molar-refractivity contribution in [1.82, 2.24) is 4.90 Å². The van der Waals surface area contributed by atoms with E-state index in [9.17, 15) is 4.79 Å². The number of hydrogen-bond donors (Lipinski definition) is 1. The van der Waals surface area contributed by atoms with Gasteiger partial charge in [-0.2, -0.15) is 0 Å². The van der Waals surface area contributed by atoms with Gasteiger partial charge in [-0.3, -0.25) is 4.79 Å². The van der Waals surface area contributed by atoms with Gasteiger partial charge in [-0.15, -0.1) is 0 Å². The number of carbonyl (C=O) groups excluding carboxylic acids is 1. The molecule has 21 heavy (non-hydrogen) atoms. The Labute approximate surface area is 134 Å². The molecule has 0 aliphatic heterocycles. The lowest BCUT2D eigenvalue weighted by atomic mass is 10.1. The lowest BCUT2D eigenvalue weighted by Gasteiger charge is -2.26.